The number of likely N-dealkylation sites (N-methyl/N-ethyl adjacent to an activating group) is 1. The Morgan fingerprint density at radius 1 is 1.22 bits per heavy atom. The van der Waals surface area contributed by atoms with Crippen molar-refractivity contribution >= 4 is 28.9 Å². The summed E-state index contributed by atoms with van der Waals surface area (Å²) >= 11 is 5.93. The highest BCUT2D eigenvalue weighted by atomic mass is 35.5. The Bertz CT molecular complexity index is 829. The molecule has 0 saturated carbocycles. The van der Waals surface area contributed by atoms with Crippen LogP contribution in [0.25, 0.3) is 0 Å². The number of anilines is 1. The van der Waals surface area contributed by atoms with E-state index in [1.54, 1.807) is 0 Å². The molecule has 1 N–H and O–H groups in total. The second-order valence-corrected chi connectivity index (χ2v) is 7.42. The van der Waals surface area contributed by atoms with E-state index < -0.39 is 0 Å². The van der Waals surface area contributed by atoms with E-state index in [0.717, 1.165) is 28.1 Å². The topological polar surface area (TPSA) is 53.9 Å². The summed E-state index contributed by atoms with van der Waals surface area (Å²) in [6.45, 7) is 4.91. The average molecular weight is 386 g/mol. The summed E-state index contributed by atoms with van der Waals surface area (Å²) < 4.78 is 0. The van der Waals surface area contributed by atoms with Crippen LogP contribution in [0.15, 0.2) is 47.6 Å². The lowest BCUT2D eigenvalue weighted by Crippen LogP contribution is -2.36. The number of oxime groups is 1. The molecule has 0 saturated heterocycles. The van der Waals surface area contributed by atoms with Gasteiger partial charge in [-0.05, 0) is 49.7 Å². The lowest BCUT2D eigenvalue weighted by atomic mass is 10.0. The van der Waals surface area contributed by atoms with Crippen LogP contribution in [-0.2, 0) is 9.63 Å². The van der Waals surface area contributed by atoms with Crippen molar-refractivity contribution in [2.24, 2.45) is 5.16 Å². The summed E-state index contributed by atoms with van der Waals surface area (Å²) in [6.07, 6.45) is 0.651. The van der Waals surface area contributed by atoms with Crippen LogP contribution in [0.3, 0.4) is 0 Å². The van der Waals surface area contributed by atoms with E-state index in [1.807, 2.05) is 68.3 Å². The van der Waals surface area contributed by atoms with Gasteiger partial charge in [-0.3, -0.25) is 9.69 Å². The molecule has 3 rings (SSSR count). The second kappa shape index (κ2) is 8.55. The van der Waals surface area contributed by atoms with Gasteiger partial charge in [-0.15, -0.1) is 0 Å². The maximum absolute atomic E-state index is 12.4. The molecule has 1 atom stereocenters. The van der Waals surface area contributed by atoms with Crippen LogP contribution >= 0.6 is 11.6 Å². The molecule has 0 spiro atoms. The zero-order valence-electron chi connectivity index (χ0n) is 15.8. The molecule has 0 unspecified atom stereocenters. The number of para-hydroxylation sites is 1. The Hall–Kier alpha value is -2.37. The number of amides is 1. The van der Waals surface area contributed by atoms with Crippen molar-refractivity contribution in [2.45, 2.75) is 26.4 Å². The van der Waals surface area contributed by atoms with Crippen molar-refractivity contribution in [3.05, 3.63) is 64.2 Å². The number of carbonyl (C=O) groups excluding carboxylic acids is 1. The number of hydrogen-bond donors (Lipinski definition) is 1. The predicted molar refractivity (Wildman–Crippen MR) is 110 cm³/mol. The summed E-state index contributed by atoms with van der Waals surface area (Å²) in [4.78, 5) is 19.9. The van der Waals surface area contributed by atoms with Crippen LogP contribution in [0.4, 0.5) is 5.69 Å². The van der Waals surface area contributed by atoms with Gasteiger partial charge in [0.1, 0.15) is 6.10 Å². The van der Waals surface area contributed by atoms with Gasteiger partial charge in [0.25, 0.3) is 0 Å². The Morgan fingerprint density at radius 2 is 1.89 bits per heavy atom. The first kappa shape index (κ1) is 19.4. The molecule has 1 aliphatic rings. The van der Waals surface area contributed by atoms with Crippen LogP contribution in [-0.4, -0.2) is 42.8 Å². The minimum absolute atomic E-state index is 0.0354. The molecule has 1 heterocycles. The number of nitrogens with one attached hydrogen (secondary N) is 1. The minimum atomic E-state index is -0.0614. The summed E-state index contributed by atoms with van der Waals surface area (Å²) in [5, 5.41) is 7.90. The Labute approximate surface area is 165 Å². The third-order valence-electron chi connectivity index (χ3n) is 4.58. The van der Waals surface area contributed by atoms with Gasteiger partial charge in [-0.1, -0.05) is 47.1 Å². The smallest absolute Gasteiger partial charge is 0.238 e. The summed E-state index contributed by atoms with van der Waals surface area (Å²) in [6, 6.07) is 13.5. The van der Waals surface area contributed by atoms with E-state index in [-0.39, 0.29) is 12.0 Å². The quantitative estimate of drug-likeness (QED) is 0.817. The van der Waals surface area contributed by atoms with Crippen LogP contribution in [0.2, 0.25) is 5.02 Å². The Kier molecular flexibility index (Phi) is 6.14. The van der Waals surface area contributed by atoms with Crippen LogP contribution in [0, 0.1) is 13.8 Å². The summed E-state index contributed by atoms with van der Waals surface area (Å²) in [7, 11) is 1.91. The number of halogens is 1. The van der Waals surface area contributed by atoms with Crippen LogP contribution < -0.4 is 5.32 Å². The molecular formula is C21H24ClN3O2. The van der Waals surface area contributed by atoms with Gasteiger partial charge in [0.15, 0.2) is 0 Å². The average Bonchev–Trinajstić information content (AvgIpc) is 3.07. The fraction of sp³-hybridized carbons (Fsp3) is 0.333. The molecule has 0 aromatic heterocycles. The van der Waals surface area contributed by atoms with Gasteiger partial charge in [-0.2, -0.15) is 0 Å². The van der Waals surface area contributed by atoms with Crippen LogP contribution in [0.1, 0.15) is 23.1 Å². The molecule has 142 valence electrons. The highest BCUT2D eigenvalue weighted by Gasteiger charge is 2.24. The lowest BCUT2D eigenvalue weighted by molar-refractivity contribution is -0.117. The van der Waals surface area contributed by atoms with Crippen molar-refractivity contribution in [2.75, 3.05) is 25.5 Å². The molecule has 0 bridgehead atoms. The first-order chi connectivity index (χ1) is 12.9. The highest BCUT2D eigenvalue weighted by molar-refractivity contribution is 6.30. The van der Waals surface area contributed by atoms with E-state index in [1.165, 1.54) is 0 Å². The monoisotopic (exact) mass is 385 g/mol. The molecule has 5 nitrogen and oxygen atoms in total. The van der Waals surface area contributed by atoms with Crippen molar-refractivity contribution in [1.29, 1.82) is 0 Å². The van der Waals surface area contributed by atoms with Crippen molar-refractivity contribution in [3.63, 3.8) is 0 Å². The number of benzene rings is 2. The van der Waals surface area contributed by atoms with Crippen molar-refractivity contribution in [1.82, 2.24) is 4.90 Å². The number of nitrogens with zero attached hydrogens (tertiary/aromatic N) is 2. The van der Waals surface area contributed by atoms with Gasteiger partial charge >= 0.3 is 0 Å². The Balaban J connectivity index is 1.49. The molecule has 0 fully saturated rings. The van der Waals surface area contributed by atoms with E-state index in [0.29, 0.717) is 24.5 Å². The summed E-state index contributed by atoms with van der Waals surface area (Å²) in [5.41, 5.74) is 4.93. The molecule has 2 aromatic rings. The number of carbonyl (C=O) groups is 1. The highest BCUT2D eigenvalue weighted by Crippen LogP contribution is 2.20. The van der Waals surface area contributed by atoms with Gasteiger partial charge in [0.2, 0.25) is 5.91 Å². The molecule has 6 heteroatoms. The first-order valence-corrected chi connectivity index (χ1v) is 9.33. The van der Waals surface area contributed by atoms with Gasteiger partial charge in [0.05, 0.1) is 12.3 Å². The van der Waals surface area contributed by atoms with Crippen molar-refractivity contribution in [3.8, 4) is 0 Å². The SMILES string of the molecule is Cc1cccc(C)c1NC(=O)CN(C)C[C@@H]1CC(c2ccc(Cl)cc2)=NO1. The maximum Gasteiger partial charge on any atom is 0.238 e. The third-order valence-corrected chi connectivity index (χ3v) is 4.84. The van der Waals surface area contributed by atoms with E-state index in [4.69, 9.17) is 16.4 Å². The van der Waals surface area contributed by atoms with Gasteiger partial charge in [-0.25, -0.2) is 0 Å². The van der Waals surface area contributed by atoms with E-state index in [9.17, 15) is 4.79 Å². The number of rotatable bonds is 6. The predicted octanol–water partition coefficient (Wildman–Crippen LogP) is 4.02. The number of hydrogen-bond acceptors (Lipinski definition) is 4. The lowest BCUT2D eigenvalue weighted by Gasteiger charge is -2.20. The Morgan fingerprint density at radius 3 is 2.56 bits per heavy atom. The molecule has 0 radical (unpaired) electrons. The number of aryl methyl sites for hydroxylation is 2. The minimum Gasteiger partial charge on any atom is -0.390 e. The molecule has 27 heavy (non-hydrogen) atoms. The van der Waals surface area contributed by atoms with Gasteiger partial charge in [0, 0.05) is 23.7 Å². The molecule has 1 amide bonds. The standard InChI is InChI=1S/C21H24ClN3O2/c1-14-5-4-6-15(2)21(14)23-20(26)13-25(3)12-18-11-19(24-27-18)16-7-9-17(22)10-8-16/h4-10,18H,11-13H2,1-3H3,(H,23,26)/t18-/m0/s1. The zero-order chi connectivity index (χ0) is 19.4. The fourth-order valence-electron chi connectivity index (χ4n) is 3.19. The molecule has 0 aliphatic carbocycles. The third kappa shape index (κ3) is 5.08. The van der Waals surface area contributed by atoms with E-state index >= 15 is 0 Å². The maximum atomic E-state index is 12.4. The molecule has 2 aromatic carbocycles. The fourth-order valence-corrected chi connectivity index (χ4v) is 3.31. The zero-order valence-corrected chi connectivity index (χ0v) is 16.6. The molecule has 1 aliphatic heterocycles. The largest absolute Gasteiger partial charge is 0.390 e. The van der Waals surface area contributed by atoms with Crippen molar-refractivity contribution < 1.29 is 9.63 Å². The normalized spacial score (nSPS) is 16.2. The second-order valence-electron chi connectivity index (χ2n) is 6.99. The van der Waals surface area contributed by atoms with Gasteiger partial charge < -0.3 is 10.2 Å². The first-order valence-electron chi connectivity index (χ1n) is 8.95. The molecular weight excluding hydrogens is 362 g/mol. The summed E-state index contributed by atoms with van der Waals surface area (Å²) in [5.74, 6) is -0.0354. The van der Waals surface area contributed by atoms with E-state index in [2.05, 4.69) is 10.5 Å². The van der Waals surface area contributed by atoms with Crippen LogP contribution in [0.5, 0.6) is 0 Å².